The molecule has 1 amide bonds. The first kappa shape index (κ1) is 17.0. The Balaban J connectivity index is 1.73. The lowest BCUT2D eigenvalue weighted by atomic mass is 10.1. The number of hydrogen-bond donors (Lipinski definition) is 0. The SMILES string of the molecule is COc1cccc(N2C[C@H](C(=O)Oc3cc(C)ccc3C)CC2=O)c1. The maximum atomic E-state index is 12.5. The number of anilines is 1. The van der Waals surface area contributed by atoms with Crippen molar-refractivity contribution in [1.29, 1.82) is 0 Å². The first-order valence-electron chi connectivity index (χ1n) is 8.21. The topological polar surface area (TPSA) is 55.8 Å². The van der Waals surface area contributed by atoms with E-state index in [1.807, 2.05) is 50.2 Å². The summed E-state index contributed by atoms with van der Waals surface area (Å²) in [6.45, 7) is 4.15. The number of amides is 1. The van der Waals surface area contributed by atoms with Crippen molar-refractivity contribution in [2.75, 3.05) is 18.6 Å². The van der Waals surface area contributed by atoms with Crippen LogP contribution in [0.15, 0.2) is 42.5 Å². The van der Waals surface area contributed by atoms with E-state index in [0.29, 0.717) is 18.0 Å². The van der Waals surface area contributed by atoms with Crippen LogP contribution >= 0.6 is 0 Å². The number of carbonyl (C=O) groups excluding carboxylic acids is 2. The fourth-order valence-electron chi connectivity index (χ4n) is 2.90. The molecule has 1 heterocycles. The van der Waals surface area contributed by atoms with Crippen molar-refractivity contribution < 1.29 is 19.1 Å². The van der Waals surface area contributed by atoms with E-state index in [4.69, 9.17) is 9.47 Å². The van der Waals surface area contributed by atoms with Gasteiger partial charge in [0.15, 0.2) is 0 Å². The van der Waals surface area contributed by atoms with Gasteiger partial charge in [-0.15, -0.1) is 0 Å². The fraction of sp³-hybridized carbons (Fsp3) is 0.300. The molecule has 0 radical (unpaired) electrons. The first-order valence-corrected chi connectivity index (χ1v) is 8.21. The number of benzene rings is 2. The molecule has 1 aliphatic rings. The van der Waals surface area contributed by atoms with E-state index < -0.39 is 5.92 Å². The molecule has 3 rings (SSSR count). The predicted molar refractivity (Wildman–Crippen MR) is 95.0 cm³/mol. The molecule has 0 bridgehead atoms. The lowest BCUT2D eigenvalue weighted by Crippen LogP contribution is -2.27. The zero-order chi connectivity index (χ0) is 18.0. The summed E-state index contributed by atoms with van der Waals surface area (Å²) in [7, 11) is 1.58. The molecule has 1 saturated heterocycles. The lowest BCUT2D eigenvalue weighted by Gasteiger charge is -2.17. The summed E-state index contributed by atoms with van der Waals surface area (Å²) in [5, 5.41) is 0. The second-order valence-corrected chi connectivity index (χ2v) is 6.30. The molecule has 0 unspecified atom stereocenters. The molecule has 0 N–H and O–H groups in total. The maximum absolute atomic E-state index is 12.5. The zero-order valence-corrected chi connectivity index (χ0v) is 14.6. The number of aryl methyl sites for hydroxylation is 2. The van der Waals surface area contributed by atoms with Crippen molar-refractivity contribution in [2.45, 2.75) is 20.3 Å². The fourth-order valence-corrected chi connectivity index (χ4v) is 2.90. The van der Waals surface area contributed by atoms with Gasteiger partial charge in [0.25, 0.3) is 0 Å². The number of ether oxygens (including phenoxy) is 2. The number of methoxy groups -OCH3 is 1. The molecule has 5 heteroatoms. The van der Waals surface area contributed by atoms with Gasteiger partial charge in [0.1, 0.15) is 11.5 Å². The number of rotatable bonds is 4. The molecule has 1 fully saturated rings. The molecule has 0 spiro atoms. The Morgan fingerprint density at radius 3 is 2.72 bits per heavy atom. The Hall–Kier alpha value is -2.82. The lowest BCUT2D eigenvalue weighted by molar-refractivity contribution is -0.139. The van der Waals surface area contributed by atoms with Gasteiger partial charge in [0.05, 0.1) is 13.0 Å². The van der Waals surface area contributed by atoms with Crippen LogP contribution < -0.4 is 14.4 Å². The minimum Gasteiger partial charge on any atom is -0.497 e. The summed E-state index contributed by atoms with van der Waals surface area (Å²) in [5.41, 5.74) is 2.65. The average Bonchev–Trinajstić information content (AvgIpc) is 3.00. The van der Waals surface area contributed by atoms with Gasteiger partial charge in [-0.05, 0) is 43.2 Å². The van der Waals surface area contributed by atoms with E-state index >= 15 is 0 Å². The highest BCUT2D eigenvalue weighted by Crippen LogP contribution is 2.29. The van der Waals surface area contributed by atoms with Crippen molar-refractivity contribution in [1.82, 2.24) is 0 Å². The van der Waals surface area contributed by atoms with Crippen LogP contribution in [0.2, 0.25) is 0 Å². The second kappa shape index (κ2) is 6.97. The Morgan fingerprint density at radius 1 is 1.16 bits per heavy atom. The van der Waals surface area contributed by atoms with Gasteiger partial charge in [-0.2, -0.15) is 0 Å². The highest BCUT2D eigenvalue weighted by molar-refractivity contribution is 5.99. The second-order valence-electron chi connectivity index (χ2n) is 6.30. The van der Waals surface area contributed by atoms with Crippen molar-refractivity contribution in [3.8, 4) is 11.5 Å². The Labute approximate surface area is 147 Å². The van der Waals surface area contributed by atoms with Crippen molar-refractivity contribution in [2.24, 2.45) is 5.92 Å². The molecular formula is C20H21NO4. The molecule has 0 aliphatic carbocycles. The van der Waals surface area contributed by atoms with Crippen molar-refractivity contribution in [3.05, 3.63) is 53.6 Å². The van der Waals surface area contributed by atoms with Gasteiger partial charge in [-0.25, -0.2) is 0 Å². The number of carbonyl (C=O) groups is 2. The van der Waals surface area contributed by atoms with Crippen LogP contribution in [0.25, 0.3) is 0 Å². The normalized spacial score (nSPS) is 16.8. The Kier molecular flexibility index (Phi) is 4.74. The summed E-state index contributed by atoms with van der Waals surface area (Å²) in [5.74, 6) is 0.297. The summed E-state index contributed by atoms with van der Waals surface area (Å²) in [4.78, 5) is 26.4. The van der Waals surface area contributed by atoms with Crippen LogP contribution in [0.1, 0.15) is 17.5 Å². The predicted octanol–water partition coefficient (Wildman–Crippen LogP) is 3.27. The van der Waals surface area contributed by atoms with Gasteiger partial charge < -0.3 is 14.4 Å². The summed E-state index contributed by atoms with van der Waals surface area (Å²) in [6.07, 6.45) is 0.154. The van der Waals surface area contributed by atoms with Gasteiger partial charge in [-0.1, -0.05) is 18.2 Å². The highest BCUT2D eigenvalue weighted by Gasteiger charge is 2.36. The smallest absolute Gasteiger partial charge is 0.316 e. The van der Waals surface area contributed by atoms with Crippen molar-refractivity contribution >= 4 is 17.6 Å². The van der Waals surface area contributed by atoms with Crippen LogP contribution in [-0.2, 0) is 9.59 Å². The monoisotopic (exact) mass is 339 g/mol. The molecule has 1 aliphatic heterocycles. The third-order valence-electron chi connectivity index (χ3n) is 4.38. The molecule has 0 aromatic heterocycles. The minimum absolute atomic E-state index is 0.0869. The van der Waals surface area contributed by atoms with E-state index in [-0.39, 0.29) is 18.3 Å². The van der Waals surface area contributed by atoms with E-state index in [1.54, 1.807) is 18.1 Å². The van der Waals surface area contributed by atoms with E-state index in [9.17, 15) is 9.59 Å². The Bertz CT molecular complexity index is 815. The van der Waals surface area contributed by atoms with Gasteiger partial charge in [0, 0.05) is 24.7 Å². The largest absolute Gasteiger partial charge is 0.497 e. The molecule has 25 heavy (non-hydrogen) atoms. The molecule has 1 atom stereocenters. The van der Waals surface area contributed by atoms with E-state index in [1.165, 1.54) is 0 Å². The molecule has 130 valence electrons. The molecular weight excluding hydrogens is 318 g/mol. The van der Waals surface area contributed by atoms with Crippen molar-refractivity contribution in [3.63, 3.8) is 0 Å². The molecule has 5 nitrogen and oxygen atoms in total. The van der Waals surface area contributed by atoms with Crippen LogP contribution in [0.4, 0.5) is 5.69 Å². The maximum Gasteiger partial charge on any atom is 0.316 e. The number of hydrogen-bond acceptors (Lipinski definition) is 4. The number of nitrogens with zero attached hydrogens (tertiary/aromatic N) is 1. The molecule has 2 aromatic carbocycles. The van der Waals surface area contributed by atoms with Gasteiger partial charge in [-0.3, -0.25) is 9.59 Å². The van der Waals surface area contributed by atoms with E-state index in [2.05, 4.69) is 0 Å². The van der Waals surface area contributed by atoms with Crippen LogP contribution in [0.5, 0.6) is 11.5 Å². The zero-order valence-electron chi connectivity index (χ0n) is 14.6. The molecule has 0 saturated carbocycles. The number of esters is 1. The third-order valence-corrected chi connectivity index (χ3v) is 4.38. The third kappa shape index (κ3) is 3.65. The van der Waals surface area contributed by atoms with Crippen LogP contribution in [0, 0.1) is 19.8 Å². The summed E-state index contributed by atoms with van der Waals surface area (Å²) >= 11 is 0. The van der Waals surface area contributed by atoms with Crippen LogP contribution in [0.3, 0.4) is 0 Å². The Morgan fingerprint density at radius 2 is 1.96 bits per heavy atom. The van der Waals surface area contributed by atoms with Crippen LogP contribution in [-0.4, -0.2) is 25.5 Å². The minimum atomic E-state index is -0.474. The highest BCUT2D eigenvalue weighted by atomic mass is 16.5. The summed E-state index contributed by atoms with van der Waals surface area (Å²) in [6, 6.07) is 13.0. The van der Waals surface area contributed by atoms with E-state index in [0.717, 1.165) is 16.8 Å². The van der Waals surface area contributed by atoms with Gasteiger partial charge in [0.2, 0.25) is 5.91 Å². The van der Waals surface area contributed by atoms with Gasteiger partial charge >= 0.3 is 5.97 Å². The molecule has 2 aromatic rings. The quantitative estimate of drug-likeness (QED) is 0.634. The first-order chi connectivity index (χ1) is 12.0. The summed E-state index contributed by atoms with van der Waals surface area (Å²) < 4.78 is 10.7. The standard InChI is InChI=1S/C20H21NO4/c1-13-7-8-14(2)18(9-13)25-20(23)15-10-19(22)21(12-15)16-5-4-6-17(11-16)24-3/h4-9,11,15H,10,12H2,1-3H3/t15-/m1/s1. The average molecular weight is 339 g/mol.